The minimum absolute atomic E-state index is 0.727. The Balaban J connectivity index is 1.92. The van der Waals surface area contributed by atoms with Gasteiger partial charge in [0, 0.05) is 5.88 Å². The normalized spacial score (nSPS) is 45.9. The number of hydrogen-bond acceptors (Lipinski definition) is 1. The fourth-order valence-corrected chi connectivity index (χ4v) is 3.84. The third-order valence-corrected chi connectivity index (χ3v) is 4.63. The van der Waals surface area contributed by atoms with Crippen LogP contribution >= 0.6 is 23.4 Å². The molecule has 0 N–H and O–H groups in total. The summed E-state index contributed by atoms with van der Waals surface area (Å²) in [6, 6.07) is 0. The molecule has 1 aliphatic carbocycles. The van der Waals surface area contributed by atoms with Crippen LogP contribution in [-0.2, 0) is 0 Å². The Morgan fingerprint density at radius 1 is 1.60 bits per heavy atom. The summed E-state index contributed by atoms with van der Waals surface area (Å²) in [6.07, 6.45) is 4.30. The van der Waals surface area contributed by atoms with Crippen LogP contribution in [0.25, 0.3) is 0 Å². The predicted molar refractivity (Wildman–Crippen MR) is 47.8 cm³/mol. The van der Waals surface area contributed by atoms with Crippen LogP contribution in [0, 0.1) is 11.3 Å². The van der Waals surface area contributed by atoms with Gasteiger partial charge in [-0.25, -0.2) is 0 Å². The average Bonchev–Trinajstić information content (AvgIpc) is 2.65. The van der Waals surface area contributed by atoms with Gasteiger partial charge in [0.1, 0.15) is 0 Å². The maximum absolute atomic E-state index is 5.81. The van der Waals surface area contributed by atoms with Crippen LogP contribution in [0.15, 0.2) is 0 Å². The molecular formula is C8H13ClS. The summed E-state index contributed by atoms with van der Waals surface area (Å²) >= 11 is 7.94. The lowest BCUT2D eigenvalue weighted by molar-refractivity contribution is 0.470. The van der Waals surface area contributed by atoms with E-state index in [2.05, 4.69) is 11.8 Å². The lowest BCUT2D eigenvalue weighted by Crippen LogP contribution is -2.14. The molecule has 2 aliphatic rings. The fourth-order valence-electron chi connectivity index (χ4n) is 2.01. The maximum atomic E-state index is 5.81. The first kappa shape index (κ1) is 7.30. The monoisotopic (exact) mass is 176 g/mol. The Morgan fingerprint density at radius 2 is 2.50 bits per heavy atom. The molecule has 0 aromatic heterocycles. The van der Waals surface area contributed by atoms with Crippen molar-refractivity contribution in [1.29, 1.82) is 0 Å². The SMILES string of the molecule is ClCC1CC12CCCSC2. The third-order valence-electron chi connectivity index (χ3n) is 2.90. The fraction of sp³-hybridized carbons (Fsp3) is 1.00. The van der Waals surface area contributed by atoms with Crippen molar-refractivity contribution in [2.45, 2.75) is 19.3 Å². The summed E-state index contributed by atoms with van der Waals surface area (Å²) in [6.45, 7) is 0. The average molecular weight is 177 g/mol. The first-order valence-corrected chi connectivity index (χ1v) is 5.70. The molecular weight excluding hydrogens is 164 g/mol. The molecule has 2 heteroatoms. The molecule has 1 saturated heterocycles. The van der Waals surface area contributed by atoms with Crippen LogP contribution in [0.2, 0.25) is 0 Å². The predicted octanol–water partition coefficient (Wildman–Crippen LogP) is 2.76. The molecule has 10 heavy (non-hydrogen) atoms. The Hall–Kier alpha value is 0.640. The van der Waals surface area contributed by atoms with Gasteiger partial charge < -0.3 is 0 Å². The van der Waals surface area contributed by atoms with E-state index in [-0.39, 0.29) is 0 Å². The molecule has 0 amide bonds. The quantitative estimate of drug-likeness (QED) is 0.554. The Labute approximate surface area is 71.7 Å². The van der Waals surface area contributed by atoms with Crippen molar-refractivity contribution >= 4 is 23.4 Å². The smallest absolute Gasteiger partial charge is 0.0257 e. The van der Waals surface area contributed by atoms with Crippen LogP contribution in [0.1, 0.15) is 19.3 Å². The molecule has 2 fully saturated rings. The number of rotatable bonds is 1. The number of hydrogen-bond donors (Lipinski definition) is 0. The summed E-state index contributed by atoms with van der Waals surface area (Å²) in [5, 5.41) is 0. The van der Waals surface area contributed by atoms with E-state index in [1.807, 2.05) is 0 Å². The Kier molecular flexibility index (Phi) is 1.90. The van der Waals surface area contributed by atoms with E-state index in [1.165, 1.54) is 30.8 Å². The molecule has 1 spiro atoms. The standard InChI is InChI=1S/C8H13ClS/c9-5-7-4-8(7)2-1-3-10-6-8/h7H,1-6H2. The first-order chi connectivity index (χ1) is 4.87. The van der Waals surface area contributed by atoms with Gasteiger partial charge in [0.05, 0.1) is 0 Å². The van der Waals surface area contributed by atoms with Crippen molar-refractivity contribution in [3.63, 3.8) is 0 Å². The summed E-state index contributed by atoms with van der Waals surface area (Å²) in [7, 11) is 0. The van der Waals surface area contributed by atoms with Crippen molar-refractivity contribution in [1.82, 2.24) is 0 Å². The highest BCUT2D eigenvalue weighted by Crippen LogP contribution is 2.59. The molecule has 58 valence electrons. The molecule has 1 aliphatic heterocycles. The zero-order valence-corrected chi connectivity index (χ0v) is 7.68. The van der Waals surface area contributed by atoms with E-state index in [1.54, 1.807) is 0 Å². The van der Waals surface area contributed by atoms with Gasteiger partial charge in [0.15, 0.2) is 0 Å². The van der Waals surface area contributed by atoms with Crippen molar-refractivity contribution in [2.24, 2.45) is 11.3 Å². The highest BCUT2D eigenvalue weighted by molar-refractivity contribution is 7.99. The van der Waals surface area contributed by atoms with Gasteiger partial charge in [-0.15, -0.1) is 11.6 Å². The summed E-state index contributed by atoms with van der Waals surface area (Å²) in [5.41, 5.74) is 0.727. The van der Waals surface area contributed by atoms with Crippen LogP contribution in [-0.4, -0.2) is 17.4 Å². The van der Waals surface area contributed by atoms with Gasteiger partial charge in [-0.2, -0.15) is 11.8 Å². The largest absolute Gasteiger partial charge is 0.161 e. The number of alkyl halides is 1. The second-order valence-electron chi connectivity index (χ2n) is 3.57. The zero-order valence-electron chi connectivity index (χ0n) is 6.11. The van der Waals surface area contributed by atoms with Crippen LogP contribution in [0.5, 0.6) is 0 Å². The van der Waals surface area contributed by atoms with Crippen LogP contribution in [0.3, 0.4) is 0 Å². The minimum atomic E-state index is 0.727. The van der Waals surface area contributed by atoms with Crippen molar-refractivity contribution in [3.8, 4) is 0 Å². The molecule has 0 aromatic rings. The van der Waals surface area contributed by atoms with E-state index >= 15 is 0 Å². The zero-order chi connectivity index (χ0) is 7.03. The molecule has 0 radical (unpaired) electrons. The second kappa shape index (κ2) is 2.60. The highest BCUT2D eigenvalue weighted by Gasteiger charge is 2.53. The van der Waals surface area contributed by atoms with E-state index in [4.69, 9.17) is 11.6 Å². The summed E-state index contributed by atoms with van der Waals surface area (Å²) in [5.74, 6) is 4.56. The minimum Gasteiger partial charge on any atom is -0.161 e. The van der Waals surface area contributed by atoms with Crippen molar-refractivity contribution < 1.29 is 0 Å². The summed E-state index contributed by atoms with van der Waals surface area (Å²) in [4.78, 5) is 0. The van der Waals surface area contributed by atoms with Gasteiger partial charge in [-0.3, -0.25) is 0 Å². The topological polar surface area (TPSA) is 0 Å². The lowest BCUT2D eigenvalue weighted by Gasteiger charge is -2.21. The third kappa shape index (κ3) is 1.08. The molecule has 0 aromatic carbocycles. The van der Waals surface area contributed by atoms with E-state index in [0.717, 1.165) is 17.2 Å². The van der Waals surface area contributed by atoms with Gasteiger partial charge in [-0.05, 0) is 42.1 Å². The maximum Gasteiger partial charge on any atom is 0.0257 e. The van der Waals surface area contributed by atoms with Gasteiger partial charge in [0.25, 0.3) is 0 Å². The lowest BCUT2D eigenvalue weighted by atomic mass is 10.0. The summed E-state index contributed by atoms with van der Waals surface area (Å²) < 4.78 is 0. The molecule has 2 rings (SSSR count). The van der Waals surface area contributed by atoms with Crippen molar-refractivity contribution in [3.05, 3.63) is 0 Å². The molecule has 2 unspecified atom stereocenters. The number of halogens is 1. The van der Waals surface area contributed by atoms with E-state index in [9.17, 15) is 0 Å². The highest BCUT2D eigenvalue weighted by atomic mass is 35.5. The van der Waals surface area contributed by atoms with Gasteiger partial charge in [0.2, 0.25) is 0 Å². The molecule has 1 heterocycles. The first-order valence-electron chi connectivity index (χ1n) is 4.01. The molecule has 0 bridgehead atoms. The second-order valence-corrected chi connectivity index (χ2v) is 4.99. The van der Waals surface area contributed by atoms with Crippen molar-refractivity contribution in [2.75, 3.05) is 17.4 Å². The van der Waals surface area contributed by atoms with E-state index in [0.29, 0.717) is 0 Å². The van der Waals surface area contributed by atoms with Crippen LogP contribution < -0.4 is 0 Å². The number of thioether (sulfide) groups is 1. The molecule has 1 saturated carbocycles. The molecule has 0 nitrogen and oxygen atoms in total. The molecule has 2 atom stereocenters. The van der Waals surface area contributed by atoms with Gasteiger partial charge >= 0.3 is 0 Å². The van der Waals surface area contributed by atoms with Crippen LogP contribution in [0.4, 0.5) is 0 Å². The Bertz CT molecular complexity index is 129. The Morgan fingerprint density at radius 3 is 3.00 bits per heavy atom. The van der Waals surface area contributed by atoms with Gasteiger partial charge in [-0.1, -0.05) is 0 Å². The van der Waals surface area contributed by atoms with E-state index < -0.39 is 0 Å².